The normalized spacial score (nSPS) is 11.2. The Morgan fingerprint density at radius 1 is 0.696 bits per heavy atom. The Balaban J connectivity index is 2.16. The highest BCUT2D eigenvalue weighted by atomic mass is 79.9. The molecule has 1 N–H and O–H groups in total. The number of hydrogen-bond donors (Lipinski definition) is 1. The van der Waals surface area contributed by atoms with Crippen molar-refractivity contribution in [2.24, 2.45) is 0 Å². The Bertz CT molecular complexity index is 1030. The van der Waals surface area contributed by atoms with Crippen LogP contribution in [0.2, 0.25) is 0 Å². The van der Waals surface area contributed by atoms with Gasteiger partial charge in [-0.1, -0.05) is 62.2 Å². The van der Waals surface area contributed by atoms with Gasteiger partial charge in [-0.15, -0.1) is 0 Å². The third-order valence-corrected chi connectivity index (χ3v) is 5.16. The van der Waals surface area contributed by atoms with Crippen molar-refractivity contribution in [1.29, 1.82) is 0 Å². The highest BCUT2D eigenvalue weighted by Gasteiger charge is 2.13. The molecule has 4 aromatic rings. The summed E-state index contributed by atoms with van der Waals surface area (Å²) in [5.74, 6) is 0.270. The van der Waals surface area contributed by atoms with Gasteiger partial charge in [0.05, 0.1) is 0 Å². The maximum absolute atomic E-state index is 10.4. The molecule has 0 fully saturated rings. The minimum absolute atomic E-state index is 0.270. The SMILES string of the molecule is Oc1cccc(Br)c1-c1cc(Br)cc2cc3ccccc3cc12. The van der Waals surface area contributed by atoms with Crippen LogP contribution < -0.4 is 0 Å². The van der Waals surface area contributed by atoms with Crippen molar-refractivity contribution in [3.8, 4) is 16.9 Å². The lowest BCUT2D eigenvalue weighted by molar-refractivity contribution is 0.477. The fourth-order valence-corrected chi connectivity index (χ4v) is 4.05. The molecule has 4 rings (SSSR count). The number of benzene rings is 4. The van der Waals surface area contributed by atoms with Gasteiger partial charge in [0.25, 0.3) is 0 Å². The first-order valence-electron chi connectivity index (χ1n) is 7.23. The van der Waals surface area contributed by atoms with Crippen molar-refractivity contribution in [2.75, 3.05) is 0 Å². The first-order chi connectivity index (χ1) is 11.1. The molecule has 0 aromatic heterocycles. The summed E-state index contributed by atoms with van der Waals surface area (Å²) in [6.45, 7) is 0. The standard InChI is InChI=1S/C20H12Br2O/c21-15-9-14-8-12-4-1-2-5-13(12)10-16(14)17(11-15)20-18(22)6-3-7-19(20)23/h1-11,23H. The van der Waals surface area contributed by atoms with Crippen molar-refractivity contribution in [3.05, 3.63) is 75.7 Å². The van der Waals surface area contributed by atoms with Crippen LogP contribution >= 0.6 is 31.9 Å². The van der Waals surface area contributed by atoms with Crippen LogP contribution in [0.15, 0.2) is 75.7 Å². The minimum Gasteiger partial charge on any atom is -0.507 e. The third-order valence-electron chi connectivity index (χ3n) is 4.04. The van der Waals surface area contributed by atoms with Gasteiger partial charge in [0.1, 0.15) is 5.75 Å². The van der Waals surface area contributed by atoms with Gasteiger partial charge in [0, 0.05) is 14.5 Å². The van der Waals surface area contributed by atoms with E-state index in [4.69, 9.17) is 0 Å². The molecule has 0 atom stereocenters. The molecule has 0 unspecified atom stereocenters. The maximum Gasteiger partial charge on any atom is 0.124 e. The molecule has 112 valence electrons. The summed E-state index contributed by atoms with van der Waals surface area (Å²) in [7, 11) is 0. The average molecular weight is 428 g/mol. The van der Waals surface area contributed by atoms with Crippen LogP contribution in [0.3, 0.4) is 0 Å². The molecule has 23 heavy (non-hydrogen) atoms. The molecular formula is C20H12Br2O. The van der Waals surface area contributed by atoms with E-state index in [0.717, 1.165) is 30.8 Å². The minimum atomic E-state index is 0.270. The molecular weight excluding hydrogens is 416 g/mol. The second-order valence-corrected chi connectivity index (χ2v) is 7.28. The fourth-order valence-electron chi connectivity index (χ4n) is 3.00. The van der Waals surface area contributed by atoms with Crippen LogP contribution in [0.4, 0.5) is 0 Å². The quantitative estimate of drug-likeness (QED) is 0.328. The molecule has 0 saturated heterocycles. The van der Waals surface area contributed by atoms with Crippen molar-refractivity contribution in [2.45, 2.75) is 0 Å². The molecule has 0 aliphatic carbocycles. The Morgan fingerprint density at radius 3 is 2.17 bits per heavy atom. The van der Waals surface area contributed by atoms with Gasteiger partial charge in [-0.05, 0) is 63.5 Å². The number of fused-ring (bicyclic) bond motifs is 2. The first kappa shape index (κ1) is 14.7. The van der Waals surface area contributed by atoms with Crippen molar-refractivity contribution in [3.63, 3.8) is 0 Å². The van der Waals surface area contributed by atoms with Gasteiger partial charge in [-0.3, -0.25) is 0 Å². The lowest BCUT2D eigenvalue weighted by Crippen LogP contribution is -1.86. The first-order valence-corrected chi connectivity index (χ1v) is 8.82. The van der Waals surface area contributed by atoms with E-state index in [1.807, 2.05) is 24.3 Å². The number of hydrogen-bond acceptors (Lipinski definition) is 1. The zero-order valence-corrected chi connectivity index (χ0v) is 15.2. The van der Waals surface area contributed by atoms with E-state index in [0.29, 0.717) is 0 Å². The van der Waals surface area contributed by atoms with Crippen LogP contribution in [0.5, 0.6) is 5.75 Å². The van der Waals surface area contributed by atoms with E-state index < -0.39 is 0 Å². The lowest BCUT2D eigenvalue weighted by Gasteiger charge is -2.13. The molecule has 4 aromatic carbocycles. The molecule has 0 bridgehead atoms. The summed E-state index contributed by atoms with van der Waals surface area (Å²) in [5, 5.41) is 15.0. The topological polar surface area (TPSA) is 20.2 Å². The van der Waals surface area contributed by atoms with Gasteiger partial charge in [-0.25, -0.2) is 0 Å². The summed E-state index contributed by atoms with van der Waals surface area (Å²) in [5.41, 5.74) is 1.82. The average Bonchev–Trinajstić information content (AvgIpc) is 2.53. The Hall–Kier alpha value is -1.84. The van der Waals surface area contributed by atoms with Crippen molar-refractivity contribution >= 4 is 53.4 Å². The summed E-state index contributed by atoms with van der Waals surface area (Å²) in [6.07, 6.45) is 0. The van der Waals surface area contributed by atoms with Gasteiger partial charge in [-0.2, -0.15) is 0 Å². The smallest absolute Gasteiger partial charge is 0.124 e. The molecule has 0 radical (unpaired) electrons. The van der Waals surface area contributed by atoms with E-state index in [1.54, 1.807) is 6.07 Å². The van der Waals surface area contributed by atoms with E-state index in [2.05, 4.69) is 68.3 Å². The fraction of sp³-hybridized carbons (Fsp3) is 0. The van der Waals surface area contributed by atoms with Crippen molar-refractivity contribution in [1.82, 2.24) is 0 Å². The van der Waals surface area contributed by atoms with Gasteiger partial charge in [0.15, 0.2) is 0 Å². The van der Waals surface area contributed by atoms with E-state index >= 15 is 0 Å². The van der Waals surface area contributed by atoms with Crippen LogP contribution in [-0.4, -0.2) is 5.11 Å². The molecule has 0 aliphatic heterocycles. The summed E-state index contributed by atoms with van der Waals surface area (Å²) < 4.78 is 1.87. The van der Waals surface area contributed by atoms with Gasteiger partial charge < -0.3 is 5.11 Å². The predicted molar refractivity (Wildman–Crippen MR) is 104 cm³/mol. The molecule has 1 nitrogen and oxygen atoms in total. The third kappa shape index (κ3) is 2.54. The number of halogens is 2. The summed E-state index contributed by atoms with van der Waals surface area (Å²) in [4.78, 5) is 0. The molecule has 0 aliphatic rings. The maximum atomic E-state index is 10.4. The van der Waals surface area contributed by atoms with Crippen molar-refractivity contribution < 1.29 is 5.11 Å². The monoisotopic (exact) mass is 426 g/mol. The highest BCUT2D eigenvalue weighted by molar-refractivity contribution is 9.10. The second kappa shape index (κ2) is 5.66. The van der Waals surface area contributed by atoms with E-state index in [-0.39, 0.29) is 5.75 Å². The number of rotatable bonds is 1. The van der Waals surface area contributed by atoms with Crippen LogP contribution in [-0.2, 0) is 0 Å². The van der Waals surface area contributed by atoms with Gasteiger partial charge in [0.2, 0.25) is 0 Å². The molecule has 0 heterocycles. The summed E-state index contributed by atoms with van der Waals surface area (Å²) >= 11 is 7.17. The predicted octanol–water partition coefficient (Wildman–Crippen LogP) is 6.89. The Labute approximate surface area is 150 Å². The number of aromatic hydroxyl groups is 1. The number of phenolic OH excluding ortho intramolecular Hbond substituents is 1. The lowest BCUT2D eigenvalue weighted by atomic mass is 9.95. The van der Waals surface area contributed by atoms with Gasteiger partial charge >= 0.3 is 0 Å². The zero-order valence-electron chi connectivity index (χ0n) is 12.1. The number of phenols is 1. The molecule has 0 amide bonds. The zero-order chi connectivity index (χ0) is 16.0. The van der Waals surface area contributed by atoms with Crippen LogP contribution in [0.1, 0.15) is 0 Å². The second-order valence-electron chi connectivity index (χ2n) is 5.51. The van der Waals surface area contributed by atoms with E-state index in [1.165, 1.54) is 10.8 Å². The molecule has 0 spiro atoms. The van der Waals surface area contributed by atoms with Crippen LogP contribution in [0, 0.1) is 0 Å². The van der Waals surface area contributed by atoms with Crippen LogP contribution in [0.25, 0.3) is 32.7 Å². The molecule has 3 heteroatoms. The van der Waals surface area contributed by atoms with E-state index in [9.17, 15) is 5.11 Å². The summed E-state index contributed by atoms with van der Waals surface area (Å²) in [6, 6.07) is 22.4. The largest absolute Gasteiger partial charge is 0.507 e. The highest BCUT2D eigenvalue weighted by Crippen LogP contribution is 2.42. The Morgan fingerprint density at radius 2 is 1.43 bits per heavy atom. The molecule has 0 saturated carbocycles. The Kier molecular flexibility index (Phi) is 3.63.